The Kier molecular flexibility index (Phi) is 4.44. The van der Waals surface area contributed by atoms with Crippen molar-refractivity contribution in [2.45, 2.75) is 13.0 Å². The first kappa shape index (κ1) is 15.2. The molecule has 0 amide bonds. The first-order chi connectivity index (χ1) is 11.9. The Balaban J connectivity index is 1.22. The Hall–Kier alpha value is -2.37. The molecule has 0 spiro atoms. The highest BCUT2D eigenvalue weighted by Gasteiger charge is 2.04. The zero-order valence-corrected chi connectivity index (χ0v) is 14.1. The molecule has 2 aromatic carbocycles. The summed E-state index contributed by atoms with van der Waals surface area (Å²) in [6.07, 6.45) is 1.03. The van der Waals surface area contributed by atoms with Crippen molar-refractivity contribution in [3.63, 3.8) is 0 Å². The van der Waals surface area contributed by atoms with E-state index in [1.807, 2.05) is 24.3 Å². The highest BCUT2D eigenvalue weighted by molar-refractivity contribution is 7.13. The molecule has 0 fully saturated rings. The molecular weight excluding hydrogens is 318 g/mol. The molecule has 0 aliphatic carbocycles. The molecule has 5 heteroatoms. The third-order valence-corrected chi connectivity index (χ3v) is 4.80. The van der Waals surface area contributed by atoms with Crippen LogP contribution in [0.2, 0.25) is 0 Å². The third-order valence-electron chi connectivity index (χ3n) is 3.98. The van der Waals surface area contributed by atoms with E-state index < -0.39 is 0 Å². The fourth-order valence-electron chi connectivity index (χ4n) is 2.77. The minimum absolute atomic E-state index is 0.758. The summed E-state index contributed by atoms with van der Waals surface area (Å²) in [5.74, 6) is 1.97. The normalized spacial score (nSPS) is 11.3. The van der Waals surface area contributed by atoms with E-state index in [1.54, 1.807) is 11.5 Å². The van der Waals surface area contributed by atoms with Crippen LogP contribution in [0.1, 0.15) is 12.2 Å². The standard InChI is InChI=1S/C19H19N3OS/c1-3-8-17-14(6-1)12-15(23-17)13-20-10-5-11-21-19-16-7-2-4-9-18(16)24-22-19/h1-4,6-9,12,20H,5,10-11,13H2,(H,21,22). The fourth-order valence-corrected chi connectivity index (χ4v) is 3.52. The Morgan fingerprint density at radius 3 is 2.83 bits per heavy atom. The van der Waals surface area contributed by atoms with Crippen LogP contribution in [0.3, 0.4) is 0 Å². The van der Waals surface area contributed by atoms with Crippen LogP contribution in [0.4, 0.5) is 5.82 Å². The van der Waals surface area contributed by atoms with E-state index in [0.29, 0.717) is 0 Å². The Morgan fingerprint density at radius 2 is 1.88 bits per heavy atom. The Morgan fingerprint density at radius 1 is 1.00 bits per heavy atom. The molecule has 0 radical (unpaired) electrons. The van der Waals surface area contributed by atoms with Gasteiger partial charge in [0.15, 0.2) is 0 Å². The maximum absolute atomic E-state index is 5.79. The molecular formula is C19H19N3OS. The number of nitrogens with zero attached hydrogens (tertiary/aromatic N) is 1. The topological polar surface area (TPSA) is 50.1 Å². The van der Waals surface area contributed by atoms with Crippen molar-refractivity contribution >= 4 is 38.4 Å². The molecule has 0 saturated carbocycles. The molecule has 0 aliphatic rings. The van der Waals surface area contributed by atoms with E-state index in [-0.39, 0.29) is 0 Å². The zero-order chi connectivity index (χ0) is 16.2. The minimum atomic E-state index is 0.758. The predicted molar refractivity (Wildman–Crippen MR) is 101 cm³/mol. The van der Waals surface area contributed by atoms with Crippen LogP contribution in [-0.2, 0) is 6.54 Å². The number of hydrogen-bond acceptors (Lipinski definition) is 5. The third kappa shape index (κ3) is 3.27. The molecule has 0 atom stereocenters. The Labute approximate surface area is 144 Å². The predicted octanol–water partition coefficient (Wildman–Crippen LogP) is 4.63. The van der Waals surface area contributed by atoms with Gasteiger partial charge in [0, 0.05) is 17.3 Å². The highest BCUT2D eigenvalue weighted by atomic mass is 32.1. The summed E-state index contributed by atoms with van der Waals surface area (Å²) >= 11 is 1.54. The van der Waals surface area contributed by atoms with E-state index in [2.05, 4.69) is 45.3 Å². The van der Waals surface area contributed by atoms with Crippen molar-refractivity contribution in [2.24, 2.45) is 0 Å². The van der Waals surface area contributed by atoms with Gasteiger partial charge in [-0.2, -0.15) is 4.37 Å². The van der Waals surface area contributed by atoms with E-state index in [9.17, 15) is 0 Å². The van der Waals surface area contributed by atoms with Crippen LogP contribution < -0.4 is 10.6 Å². The molecule has 4 rings (SSSR count). The number of fused-ring (bicyclic) bond motifs is 2. The molecule has 4 aromatic rings. The lowest BCUT2D eigenvalue weighted by atomic mass is 10.2. The lowest BCUT2D eigenvalue weighted by Crippen LogP contribution is -2.17. The van der Waals surface area contributed by atoms with Gasteiger partial charge in [0.2, 0.25) is 0 Å². The monoisotopic (exact) mass is 337 g/mol. The fraction of sp³-hybridized carbons (Fsp3) is 0.211. The van der Waals surface area contributed by atoms with Crippen LogP contribution in [-0.4, -0.2) is 17.5 Å². The molecule has 2 aromatic heterocycles. The molecule has 4 nitrogen and oxygen atoms in total. The molecule has 0 aliphatic heterocycles. The average molecular weight is 337 g/mol. The van der Waals surface area contributed by atoms with Crippen molar-refractivity contribution < 1.29 is 4.42 Å². The Bertz CT molecular complexity index is 911. The smallest absolute Gasteiger partial charge is 0.147 e. The van der Waals surface area contributed by atoms with E-state index in [0.717, 1.165) is 48.6 Å². The molecule has 24 heavy (non-hydrogen) atoms. The van der Waals surface area contributed by atoms with Gasteiger partial charge >= 0.3 is 0 Å². The minimum Gasteiger partial charge on any atom is -0.460 e. The van der Waals surface area contributed by atoms with Crippen LogP contribution in [0.25, 0.3) is 21.1 Å². The van der Waals surface area contributed by atoms with Crippen molar-refractivity contribution in [1.82, 2.24) is 9.69 Å². The quantitative estimate of drug-likeness (QED) is 0.483. The SMILES string of the molecule is c1ccc2oc(CNCCCNc3nsc4ccccc34)cc2c1. The molecule has 122 valence electrons. The summed E-state index contributed by atoms with van der Waals surface area (Å²) in [5.41, 5.74) is 0.950. The van der Waals surface area contributed by atoms with Gasteiger partial charge < -0.3 is 15.1 Å². The largest absolute Gasteiger partial charge is 0.460 e. The maximum Gasteiger partial charge on any atom is 0.147 e. The van der Waals surface area contributed by atoms with Gasteiger partial charge in [-0.05, 0) is 48.8 Å². The number of anilines is 1. The molecule has 0 unspecified atom stereocenters. The van der Waals surface area contributed by atoms with Crippen molar-refractivity contribution in [3.8, 4) is 0 Å². The lowest BCUT2D eigenvalue weighted by molar-refractivity contribution is 0.512. The number of nitrogens with one attached hydrogen (secondary N) is 2. The van der Waals surface area contributed by atoms with E-state index >= 15 is 0 Å². The number of benzene rings is 2. The summed E-state index contributed by atoms with van der Waals surface area (Å²) in [4.78, 5) is 0. The van der Waals surface area contributed by atoms with Crippen LogP contribution in [0, 0.1) is 0 Å². The van der Waals surface area contributed by atoms with Gasteiger partial charge in [-0.1, -0.05) is 30.3 Å². The maximum atomic E-state index is 5.79. The summed E-state index contributed by atoms with van der Waals surface area (Å²) in [5, 5.41) is 9.22. The first-order valence-corrected chi connectivity index (χ1v) is 8.94. The number of para-hydroxylation sites is 1. The summed E-state index contributed by atoms with van der Waals surface area (Å²) in [7, 11) is 0. The van der Waals surface area contributed by atoms with E-state index in [1.165, 1.54) is 10.1 Å². The second-order valence-corrected chi connectivity index (χ2v) is 6.54. The van der Waals surface area contributed by atoms with Gasteiger partial charge in [-0.15, -0.1) is 0 Å². The lowest BCUT2D eigenvalue weighted by Gasteiger charge is -2.05. The van der Waals surface area contributed by atoms with Gasteiger partial charge in [-0.25, -0.2) is 0 Å². The molecule has 0 bridgehead atoms. The highest BCUT2D eigenvalue weighted by Crippen LogP contribution is 2.25. The van der Waals surface area contributed by atoms with Crippen LogP contribution in [0.5, 0.6) is 0 Å². The summed E-state index contributed by atoms with van der Waals surface area (Å²) in [6.45, 7) is 2.60. The van der Waals surface area contributed by atoms with Gasteiger partial charge in [0.05, 0.1) is 11.2 Å². The summed E-state index contributed by atoms with van der Waals surface area (Å²) < 4.78 is 11.5. The number of rotatable bonds is 7. The first-order valence-electron chi connectivity index (χ1n) is 8.16. The molecule has 2 N–H and O–H groups in total. The number of aromatic nitrogens is 1. The molecule has 2 heterocycles. The second-order valence-electron chi connectivity index (χ2n) is 5.73. The van der Waals surface area contributed by atoms with Crippen molar-refractivity contribution in [2.75, 3.05) is 18.4 Å². The van der Waals surface area contributed by atoms with Gasteiger partial charge in [-0.3, -0.25) is 0 Å². The zero-order valence-electron chi connectivity index (χ0n) is 13.3. The van der Waals surface area contributed by atoms with Gasteiger partial charge in [0.1, 0.15) is 17.2 Å². The van der Waals surface area contributed by atoms with Gasteiger partial charge in [0.25, 0.3) is 0 Å². The van der Waals surface area contributed by atoms with Crippen LogP contribution >= 0.6 is 11.5 Å². The second kappa shape index (κ2) is 7.03. The average Bonchev–Trinajstić information content (AvgIpc) is 3.21. The number of furan rings is 1. The van der Waals surface area contributed by atoms with Crippen LogP contribution in [0.15, 0.2) is 59.0 Å². The van der Waals surface area contributed by atoms with Crippen molar-refractivity contribution in [1.29, 1.82) is 0 Å². The van der Waals surface area contributed by atoms with Crippen molar-refractivity contribution in [3.05, 3.63) is 60.4 Å². The number of hydrogen-bond donors (Lipinski definition) is 2. The summed E-state index contributed by atoms with van der Waals surface area (Å²) in [6, 6.07) is 18.5. The van der Waals surface area contributed by atoms with E-state index in [4.69, 9.17) is 4.42 Å². The molecule has 0 saturated heterocycles.